The van der Waals surface area contributed by atoms with Gasteiger partial charge in [-0.15, -0.1) is 11.8 Å². The SMILES string of the molecule is CC(=O)C(Sc1cc(N(C(C)=O)C(=O)/C(C)=C(\C)C(F)(F)F)c(F)cc1Cl)C1CC1. The van der Waals surface area contributed by atoms with Crippen molar-refractivity contribution in [2.45, 2.75) is 56.9 Å². The highest BCUT2D eigenvalue weighted by atomic mass is 35.5. The van der Waals surface area contributed by atoms with Gasteiger partial charge in [-0.05, 0) is 51.7 Å². The zero-order chi connectivity index (χ0) is 23.0. The van der Waals surface area contributed by atoms with Crippen LogP contribution in [0, 0.1) is 11.7 Å². The Morgan fingerprint density at radius 3 is 2.13 bits per heavy atom. The van der Waals surface area contributed by atoms with Gasteiger partial charge in [-0.2, -0.15) is 13.2 Å². The summed E-state index contributed by atoms with van der Waals surface area (Å²) in [5.41, 5.74) is -2.44. The highest BCUT2D eigenvalue weighted by molar-refractivity contribution is 8.00. The number of Topliss-reactive ketones (excluding diaryl/α,β-unsaturated/α-hetero) is 1. The molecule has 1 unspecified atom stereocenters. The van der Waals surface area contributed by atoms with Gasteiger partial charge >= 0.3 is 6.18 Å². The van der Waals surface area contributed by atoms with Crippen molar-refractivity contribution in [3.8, 4) is 0 Å². The average Bonchev–Trinajstić information content (AvgIpc) is 3.44. The summed E-state index contributed by atoms with van der Waals surface area (Å²) in [6.07, 6.45) is -3.05. The molecule has 0 N–H and O–H groups in total. The Morgan fingerprint density at radius 2 is 1.70 bits per heavy atom. The van der Waals surface area contributed by atoms with E-state index in [1.54, 1.807) is 0 Å². The summed E-state index contributed by atoms with van der Waals surface area (Å²) in [4.78, 5) is 37.3. The van der Waals surface area contributed by atoms with Gasteiger partial charge in [-0.25, -0.2) is 9.29 Å². The van der Waals surface area contributed by atoms with Gasteiger partial charge in [-0.3, -0.25) is 14.4 Å². The summed E-state index contributed by atoms with van der Waals surface area (Å²) in [7, 11) is 0. The maximum atomic E-state index is 14.6. The van der Waals surface area contributed by atoms with Crippen LogP contribution in [0.5, 0.6) is 0 Å². The van der Waals surface area contributed by atoms with Crippen LogP contribution < -0.4 is 4.90 Å². The van der Waals surface area contributed by atoms with Gasteiger partial charge in [0.05, 0.1) is 16.0 Å². The van der Waals surface area contributed by atoms with Crippen LogP contribution in [0.1, 0.15) is 40.5 Å². The summed E-state index contributed by atoms with van der Waals surface area (Å²) < 4.78 is 53.6. The molecule has 1 fully saturated rings. The number of anilines is 1. The molecule has 0 bridgehead atoms. The number of ketones is 1. The molecule has 4 nitrogen and oxygen atoms in total. The van der Waals surface area contributed by atoms with Gasteiger partial charge < -0.3 is 0 Å². The van der Waals surface area contributed by atoms with Crippen LogP contribution in [0.25, 0.3) is 0 Å². The van der Waals surface area contributed by atoms with E-state index in [0.717, 1.165) is 50.6 Å². The molecule has 30 heavy (non-hydrogen) atoms. The molecule has 10 heteroatoms. The highest BCUT2D eigenvalue weighted by Gasteiger charge is 2.37. The number of benzene rings is 1. The first-order chi connectivity index (χ1) is 13.8. The Kier molecular flexibility index (Phi) is 7.40. The van der Waals surface area contributed by atoms with Crippen LogP contribution in [0.15, 0.2) is 28.2 Å². The molecule has 2 amide bonds. The molecule has 1 aromatic rings. The fraction of sp³-hybridized carbons (Fsp3) is 0.450. The van der Waals surface area contributed by atoms with Crippen LogP contribution in [-0.4, -0.2) is 29.0 Å². The number of hydrogen-bond donors (Lipinski definition) is 0. The van der Waals surface area contributed by atoms with E-state index in [4.69, 9.17) is 11.6 Å². The van der Waals surface area contributed by atoms with Gasteiger partial charge in [0.25, 0.3) is 5.91 Å². The predicted octanol–water partition coefficient (Wildman–Crippen LogP) is 5.72. The van der Waals surface area contributed by atoms with E-state index in [-0.39, 0.29) is 21.6 Å². The number of rotatable bonds is 6. The van der Waals surface area contributed by atoms with Crippen LogP contribution in [0.2, 0.25) is 5.02 Å². The molecule has 0 radical (unpaired) electrons. The minimum atomic E-state index is -4.78. The summed E-state index contributed by atoms with van der Waals surface area (Å²) in [5.74, 6) is -3.24. The molecule has 1 atom stereocenters. The molecule has 0 aliphatic heterocycles. The number of allylic oxidation sites excluding steroid dienone is 1. The molecule has 0 spiro atoms. The number of carbonyl (C=O) groups is 3. The van der Waals surface area contributed by atoms with Crippen LogP contribution in [0.4, 0.5) is 23.2 Å². The molecule has 164 valence electrons. The highest BCUT2D eigenvalue weighted by Crippen LogP contribution is 2.45. The third-order valence-corrected chi connectivity index (χ3v) is 6.76. The minimum Gasteiger partial charge on any atom is -0.299 e. The van der Waals surface area contributed by atoms with Crippen molar-refractivity contribution in [3.63, 3.8) is 0 Å². The third-order valence-electron chi connectivity index (χ3n) is 4.77. The maximum absolute atomic E-state index is 14.6. The first-order valence-corrected chi connectivity index (χ1v) is 10.3. The Labute approximate surface area is 180 Å². The van der Waals surface area contributed by atoms with Crippen molar-refractivity contribution < 1.29 is 31.9 Å². The quantitative estimate of drug-likeness (QED) is 0.306. The fourth-order valence-corrected chi connectivity index (χ4v) is 4.33. The molecule has 1 aromatic carbocycles. The van der Waals surface area contributed by atoms with Crippen molar-refractivity contribution >= 4 is 46.6 Å². The molecule has 0 heterocycles. The lowest BCUT2D eigenvalue weighted by Crippen LogP contribution is -2.37. The topological polar surface area (TPSA) is 54.5 Å². The fourth-order valence-electron chi connectivity index (χ4n) is 2.79. The number of carbonyl (C=O) groups excluding carboxylic acids is 3. The van der Waals surface area contributed by atoms with E-state index in [9.17, 15) is 31.9 Å². The van der Waals surface area contributed by atoms with Gasteiger partial charge in [-0.1, -0.05) is 11.6 Å². The maximum Gasteiger partial charge on any atom is 0.412 e. The van der Waals surface area contributed by atoms with Crippen LogP contribution in [-0.2, 0) is 14.4 Å². The van der Waals surface area contributed by atoms with Gasteiger partial charge in [0.15, 0.2) is 0 Å². The molecular formula is C20H20ClF4NO3S. The number of thioether (sulfide) groups is 1. The predicted molar refractivity (Wildman–Crippen MR) is 107 cm³/mol. The van der Waals surface area contributed by atoms with Crippen molar-refractivity contribution in [2.75, 3.05) is 4.90 Å². The monoisotopic (exact) mass is 465 g/mol. The summed E-state index contributed by atoms with van der Waals surface area (Å²) in [6, 6.07) is 2.00. The van der Waals surface area contributed by atoms with Gasteiger partial charge in [0, 0.05) is 23.0 Å². The number of imide groups is 1. The molecule has 2 rings (SSSR count). The number of hydrogen-bond acceptors (Lipinski definition) is 4. The molecule has 0 saturated heterocycles. The summed E-state index contributed by atoms with van der Waals surface area (Å²) in [6.45, 7) is 3.99. The summed E-state index contributed by atoms with van der Waals surface area (Å²) in [5, 5.41) is -0.445. The van der Waals surface area contributed by atoms with Gasteiger partial charge in [0.2, 0.25) is 5.91 Å². The molecule has 1 aliphatic rings. The van der Waals surface area contributed by atoms with E-state index in [0.29, 0.717) is 11.8 Å². The standard InChI is InChI=1S/C20H20ClF4NO3S/c1-9(10(2)20(23,24)25)19(29)26(12(4)28)16-8-17(14(21)7-15(16)22)30-18(11(3)27)13-5-6-13/h7-8,13,18H,5-6H2,1-4H3/b10-9+. The van der Waals surface area contributed by atoms with Crippen molar-refractivity contribution in [2.24, 2.45) is 5.92 Å². The van der Waals surface area contributed by atoms with Crippen molar-refractivity contribution in [3.05, 3.63) is 34.1 Å². The first kappa shape index (κ1) is 24.4. The zero-order valence-corrected chi connectivity index (χ0v) is 18.3. The number of amides is 2. The lowest BCUT2D eigenvalue weighted by atomic mass is 10.1. The Hall–Kier alpha value is -1.87. The largest absolute Gasteiger partial charge is 0.412 e. The van der Waals surface area contributed by atoms with Crippen molar-refractivity contribution in [1.29, 1.82) is 0 Å². The van der Waals surface area contributed by atoms with Crippen LogP contribution >= 0.6 is 23.4 Å². The molecule has 0 aromatic heterocycles. The number of alkyl halides is 3. The minimum absolute atomic E-state index is 0.0252. The molecule has 1 aliphatic carbocycles. The first-order valence-electron chi connectivity index (χ1n) is 9.01. The lowest BCUT2D eigenvalue weighted by Gasteiger charge is -2.23. The zero-order valence-electron chi connectivity index (χ0n) is 16.7. The van der Waals surface area contributed by atoms with E-state index in [1.165, 1.54) is 6.92 Å². The molecule has 1 saturated carbocycles. The Morgan fingerprint density at radius 1 is 1.13 bits per heavy atom. The summed E-state index contributed by atoms with van der Waals surface area (Å²) >= 11 is 7.18. The lowest BCUT2D eigenvalue weighted by molar-refractivity contribution is -0.124. The van der Waals surface area contributed by atoms with Crippen molar-refractivity contribution in [1.82, 2.24) is 0 Å². The van der Waals surface area contributed by atoms with E-state index in [2.05, 4.69) is 0 Å². The van der Waals surface area contributed by atoms with Gasteiger partial charge in [0.1, 0.15) is 11.6 Å². The Balaban J connectivity index is 2.52. The second-order valence-corrected chi connectivity index (χ2v) is 8.72. The second kappa shape index (κ2) is 9.09. The van der Waals surface area contributed by atoms with E-state index >= 15 is 0 Å². The van der Waals surface area contributed by atoms with E-state index < -0.39 is 45.9 Å². The number of nitrogens with zero attached hydrogens (tertiary/aromatic N) is 1. The molecular weight excluding hydrogens is 446 g/mol. The second-order valence-electron chi connectivity index (χ2n) is 7.13. The number of halogens is 5. The third kappa shape index (κ3) is 5.43. The van der Waals surface area contributed by atoms with E-state index in [1.807, 2.05) is 0 Å². The normalized spacial score (nSPS) is 16.0. The van der Waals surface area contributed by atoms with Crippen LogP contribution in [0.3, 0.4) is 0 Å². The smallest absolute Gasteiger partial charge is 0.299 e. The Bertz CT molecular complexity index is 925. The average molecular weight is 466 g/mol.